The van der Waals surface area contributed by atoms with Gasteiger partial charge in [-0.15, -0.1) is 0 Å². The molecule has 40 heavy (non-hydrogen) atoms. The highest BCUT2D eigenvalue weighted by atomic mass is 16.2. The highest BCUT2D eigenvalue weighted by molar-refractivity contribution is 6.07. The van der Waals surface area contributed by atoms with Crippen molar-refractivity contribution in [3.8, 4) is 5.69 Å². The van der Waals surface area contributed by atoms with Crippen molar-refractivity contribution in [2.45, 2.75) is 31.7 Å². The molecule has 2 aromatic carbocycles. The van der Waals surface area contributed by atoms with Crippen molar-refractivity contribution in [1.29, 1.82) is 0 Å². The summed E-state index contributed by atoms with van der Waals surface area (Å²) >= 11 is 0. The largest absolute Gasteiger partial charge is 0.337 e. The number of amides is 1. The van der Waals surface area contributed by atoms with E-state index in [4.69, 9.17) is 0 Å². The standard InChI is InChI=1S/C33H37N5O2/c1-35-17-19-36(20-18-35)28-14-16-37(23-28)33(40)31-24-38(32-7-3-2-6-30(31)32)27-11-8-25(9-12-27)21-29(39)13-10-26-5-4-15-34-22-26/h2-9,11-12,15,22,24,28H,10,13-14,16-21,23H2,1H3. The number of nitrogens with zero attached hydrogens (tertiary/aromatic N) is 5. The predicted molar refractivity (Wildman–Crippen MR) is 158 cm³/mol. The van der Waals surface area contributed by atoms with Crippen LogP contribution in [0, 0.1) is 0 Å². The van der Waals surface area contributed by atoms with Gasteiger partial charge in [0.05, 0.1) is 11.1 Å². The number of ketones is 1. The Morgan fingerprint density at radius 3 is 2.48 bits per heavy atom. The average Bonchev–Trinajstić information content (AvgIpc) is 3.63. The van der Waals surface area contributed by atoms with Crippen LogP contribution < -0.4 is 0 Å². The second-order valence-corrected chi connectivity index (χ2v) is 11.2. The molecule has 206 valence electrons. The average molecular weight is 536 g/mol. The van der Waals surface area contributed by atoms with Crippen LogP contribution in [0.15, 0.2) is 79.3 Å². The monoisotopic (exact) mass is 535 g/mol. The van der Waals surface area contributed by atoms with Crippen molar-refractivity contribution < 1.29 is 9.59 Å². The van der Waals surface area contributed by atoms with Crippen molar-refractivity contribution >= 4 is 22.6 Å². The molecule has 2 aromatic heterocycles. The second-order valence-electron chi connectivity index (χ2n) is 11.2. The summed E-state index contributed by atoms with van der Waals surface area (Å²) in [5.74, 6) is 0.332. The van der Waals surface area contributed by atoms with Gasteiger partial charge in [-0.3, -0.25) is 19.5 Å². The number of hydrogen-bond donors (Lipinski definition) is 0. The first kappa shape index (κ1) is 26.4. The van der Waals surface area contributed by atoms with E-state index in [0.717, 1.165) is 79.0 Å². The summed E-state index contributed by atoms with van der Waals surface area (Å²) in [4.78, 5) is 37.4. The zero-order valence-electron chi connectivity index (χ0n) is 23.2. The number of para-hydroxylation sites is 1. The maximum Gasteiger partial charge on any atom is 0.256 e. The molecule has 4 heterocycles. The molecule has 2 aliphatic heterocycles. The number of Topliss-reactive ketones (excluding diaryl/α,β-unsaturated/α-hetero) is 1. The lowest BCUT2D eigenvalue weighted by molar-refractivity contribution is -0.118. The maximum atomic E-state index is 13.8. The lowest BCUT2D eigenvalue weighted by atomic mass is 10.0. The zero-order valence-corrected chi connectivity index (χ0v) is 23.2. The number of rotatable bonds is 8. The number of benzene rings is 2. The van der Waals surface area contributed by atoms with Gasteiger partial charge in [0.1, 0.15) is 5.78 Å². The van der Waals surface area contributed by atoms with Crippen LogP contribution in [0.5, 0.6) is 0 Å². The van der Waals surface area contributed by atoms with E-state index in [0.29, 0.717) is 25.3 Å². The minimum absolute atomic E-state index is 0.113. The lowest BCUT2D eigenvalue weighted by Gasteiger charge is -2.36. The number of hydrogen-bond acceptors (Lipinski definition) is 5. The molecule has 6 rings (SSSR count). The summed E-state index contributed by atoms with van der Waals surface area (Å²) < 4.78 is 2.10. The predicted octanol–water partition coefficient (Wildman–Crippen LogP) is 4.23. The number of aryl methyl sites for hydroxylation is 1. The van der Waals surface area contributed by atoms with E-state index in [1.165, 1.54) is 0 Å². The molecule has 1 amide bonds. The molecule has 0 aliphatic carbocycles. The van der Waals surface area contributed by atoms with Gasteiger partial charge in [0.2, 0.25) is 0 Å². The minimum Gasteiger partial charge on any atom is -0.337 e. The number of likely N-dealkylation sites (tertiary alicyclic amines) is 1. The van der Waals surface area contributed by atoms with Gasteiger partial charge < -0.3 is 14.4 Å². The van der Waals surface area contributed by atoms with Gasteiger partial charge in [-0.1, -0.05) is 36.4 Å². The van der Waals surface area contributed by atoms with Gasteiger partial charge in [0.25, 0.3) is 5.91 Å². The van der Waals surface area contributed by atoms with Gasteiger partial charge in [0, 0.05) is 87.8 Å². The molecule has 1 atom stereocenters. The molecule has 2 fully saturated rings. The van der Waals surface area contributed by atoms with Crippen LogP contribution in [0.2, 0.25) is 0 Å². The molecular weight excluding hydrogens is 498 g/mol. The summed E-state index contributed by atoms with van der Waals surface area (Å²) in [7, 11) is 2.18. The Kier molecular flexibility index (Phi) is 7.75. The summed E-state index contributed by atoms with van der Waals surface area (Å²) in [5.41, 5.74) is 4.84. The van der Waals surface area contributed by atoms with E-state index >= 15 is 0 Å². The molecule has 7 nitrogen and oxygen atoms in total. The fraction of sp³-hybridized carbons (Fsp3) is 0.364. The topological polar surface area (TPSA) is 61.7 Å². The molecule has 2 aliphatic rings. The Morgan fingerprint density at radius 2 is 1.70 bits per heavy atom. The number of carbonyl (C=O) groups excluding carboxylic acids is 2. The van der Waals surface area contributed by atoms with E-state index < -0.39 is 0 Å². The fourth-order valence-corrected chi connectivity index (χ4v) is 6.07. The van der Waals surface area contributed by atoms with Crippen LogP contribution in [-0.4, -0.2) is 88.3 Å². The van der Waals surface area contributed by atoms with Crippen LogP contribution >= 0.6 is 0 Å². The van der Waals surface area contributed by atoms with Crippen molar-refractivity contribution in [3.63, 3.8) is 0 Å². The summed E-state index contributed by atoms with van der Waals surface area (Å²) in [6.45, 7) is 5.94. The third-order valence-electron chi connectivity index (χ3n) is 8.48. The van der Waals surface area contributed by atoms with E-state index in [-0.39, 0.29) is 11.7 Å². The first-order valence-electron chi connectivity index (χ1n) is 14.4. The Labute approximate surface area is 236 Å². The van der Waals surface area contributed by atoms with E-state index in [1.807, 2.05) is 71.9 Å². The fourth-order valence-electron chi connectivity index (χ4n) is 6.07. The number of pyridine rings is 1. The molecule has 0 radical (unpaired) electrons. The zero-order chi connectivity index (χ0) is 27.5. The number of likely N-dealkylation sites (N-methyl/N-ethyl adjacent to an activating group) is 1. The third-order valence-corrected chi connectivity index (χ3v) is 8.48. The van der Waals surface area contributed by atoms with Gasteiger partial charge in [-0.2, -0.15) is 0 Å². The van der Waals surface area contributed by atoms with Crippen molar-refractivity contribution in [2.24, 2.45) is 0 Å². The van der Waals surface area contributed by atoms with Crippen molar-refractivity contribution in [2.75, 3.05) is 46.3 Å². The van der Waals surface area contributed by atoms with Crippen molar-refractivity contribution in [3.05, 3.63) is 95.9 Å². The molecular formula is C33H37N5O2. The number of piperazine rings is 1. The highest BCUT2D eigenvalue weighted by Crippen LogP contribution is 2.28. The summed E-state index contributed by atoms with van der Waals surface area (Å²) in [6, 6.07) is 20.6. The molecule has 4 aromatic rings. The Morgan fingerprint density at radius 1 is 0.900 bits per heavy atom. The molecule has 2 saturated heterocycles. The maximum absolute atomic E-state index is 13.8. The normalized spacial score (nSPS) is 18.4. The quantitative estimate of drug-likeness (QED) is 0.338. The number of aromatic nitrogens is 2. The summed E-state index contributed by atoms with van der Waals surface area (Å²) in [5, 5.41) is 0.977. The first-order chi connectivity index (χ1) is 19.5. The highest BCUT2D eigenvalue weighted by Gasteiger charge is 2.33. The molecule has 0 bridgehead atoms. The Balaban J connectivity index is 1.15. The number of fused-ring (bicyclic) bond motifs is 1. The second kappa shape index (κ2) is 11.7. The molecule has 0 N–H and O–H groups in total. The first-order valence-corrected chi connectivity index (χ1v) is 14.4. The Bertz CT molecular complexity index is 1470. The van der Waals surface area contributed by atoms with Gasteiger partial charge in [-0.05, 0) is 55.3 Å². The molecule has 7 heteroatoms. The molecule has 0 spiro atoms. The van der Waals surface area contributed by atoms with E-state index in [1.54, 1.807) is 6.20 Å². The SMILES string of the molecule is CN1CCN(C2CCN(C(=O)c3cn(-c4ccc(CC(=O)CCc5cccnc5)cc4)c4ccccc34)C2)CC1. The lowest BCUT2D eigenvalue weighted by Crippen LogP contribution is -2.50. The van der Waals surface area contributed by atoms with Crippen LogP contribution in [0.1, 0.15) is 34.3 Å². The van der Waals surface area contributed by atoms with Crippen LogP contribution in [-0.2, 0) is 17.6 Å². The van der Waals surface area contributed by atoms with Gasteiger partial charge in [-0.25, -0.2) is 0 Å². The van der Waals surface area contributed by atoms with Crippen LogP contribution in [0.4, 0.5) is 0 Å². The van der Waals surface area contributed by atoms with Crippen molar-refractivity contribution in [1.82, 2.24) is 24.3 Å². The Hall–Kier alpha value is -3.81. The van der Waals surface area contributed by atoms with E-state index in [2.05, 4.69) is 32.5 Å². The molecule has 1 unspecified atom stereocenters. The third kappa shape index (κ3) is 5.71. The van der Waals surface area contributed by atoms with Crippen LogP contribution in [0.25, 0.3) is 16.6 Å². The van der Waals surface area contributed by atoms with E-state index in [9.17, 15) is 9.59 Å². The number of carbonyl (C=O) groups is 2. The molecule has 0 saturated carbocycles. The van der Waals surface area contributed by atoms with Gasteiger partial charge >= 0.3 is 0 Å². The van der Waals surface area contributed by atoms with Crippen LogP contribution in [0.3, 0.4) is 0 Å². The minimum atomic E-state index is 0.113. The summed E-state index contributed by atoms with van der Waals surface area (Å²) in [6.07, 6.45) is 8.23. The smallest absolute Gasteiger partial charge is 0.256 e. The van der Waals surface area contributed by atoms with Gasteiger partial charge in [0.15, 0.2) is 0 Å².